The fraction of sp³-hybridized carbons (Fsp3) is 0.529. The minimum atomic E-state index is -0.977. The average Bonchev–Trinajstić information content (AvgIpc) is 2.98. The first-order valence-electron chi connectivity index (χ1n) is 8.15. The van der Waals surface area contributed by atoms with E-state index in [-0.39, 0.29) is 24.4 Å². The fourth-order valence-corrected chi connectivity index (χ4v) is 3.27. The summed E-state index contributed by atoms with van der Waals surface area (Å²) in [5.74, 6) is -0.168. The number of carbonyl (C=O) groups excluding carboxylic acids is 2. The molecule has 6 heteroatoms. The first-order chi connectivity index (χ1) is 11.0. The summed E-state index contributed by atoms with van der Waals surface area (Å²) in [6.07, 6.45) is 0.159. The molecule has 0 spiro atoms. The van der Waals surface area contributed by atoms with E-state index in [1.807, 2.05) is 32.0 Å². The summed E-state index contributed by atoms with van der Waals surface area (Å²) in [5.41, 5.74) is 1.31. The number of fused-ring (bicyclic) bond motifs is 1. The van der Waals surface area contributed by atoms with E-state index in [2.05, 4.69) is 5.32 Å². The van der Waals surface area contributed by atoms with Crippen molar-refractivity contribution in [2.24, 2.45) is 5.92 Å². The number of hydrogen-bond donors (Lipinski definition) is 1. The highest BCUT2D eigenvalue weighted by atomic mass is 19.1. The number of likely N-dealkylation sites (tertiary alicyclic amines) is 1. The highest BCUT2D eigenvalue weighted by Gasteiger charge is 2.42. The first kappa shape index (κ1) is 15.8. The summed E-state index contributed by atoms with van der Waals surface area (Å²) >= 11 is 0. The van der Waals surface area contributed by atoms with Gasteiger partial charge >= 0.3 is 6.03 Å². The lowest BCUT2D eigenvalue weighted by Gasteiger charge is -2.40. The van der Waals surface area contributed by atoms with Gasteiger partial charge in [-0.15, -0.1) is 0 Å². The molecule has 2 aliphatic rings. The van der Waals surface area contributed by atoms with E-state index < -0.39 is 12.2 Å². The van der Waals surface area contributed by atoms with Crippen LogP contribution in [0, 0.1) is 5.92 Å². The Hall–Kier alpha value is -2.11. The Morgan fingerprint density at radius 3 is 2.83 bits per heavy atom. The number of nitrogens with one attached hydrogen (secondary N) is 1. The second-order valence-corrected chi connectivity index (χ2v) is 6.32. The number of amides is 3. The van der Waals surface area contributed by atoms with E-state index >= 15 is 0 Å². The third-order valence-corrected chi connectivity index (χ3v) is 4.76. The van der Waals surface area contributed by atoms with Gasteiger partial charge in [0.1, 0.15) is 12.2 Å². The summed E-state index contributed by atoms with van der Waals surface area (Å²) in [7, 11) is 0. The van der Waals surface area contributed by atoms with E-state index in [0.717, 1.165) is 6.42 Å². The number of nitrogens with zero attached hydrogens (tertiary/aromatic N) is 2. The molecule has 0 aliphatic carbocycles. The van der Waals surface area contributed by atoms with E-state index in [9.17, 15) is 14.0 Å². The molecule has 124 valence electrons. The molecule has 0 saturated carbocycles. The lowest BCUT2D eigenvalue weighted by Crippen LogP contribution is -2.57. The third-order valence-electron chi connectivity index (χ3n) is 4.76. The van der Waals surface area contributed by atoms with Crippen molar-refractivity contribution in [2.45, 2.75) is 38.9 Å². The van der Waals surface area contributed by atoms with Crippen molar-refractivity contribution < 1.29 is 14.0 Å². The molecule has 0 aromatic heterocycles. The van der Waals surface area contributed by atoms with Gasteiger partial charge in [0.2, 0.25) is 5.91 Å². The second-order valence-electron chi connectivity index (χ2n) is 6.32. The molecule has 3 amide bonds. The van der Waals surface area contributed by atoms with E-state index in [4.69, 9.17) is 0 Å². The van der Waals surface area contributed by atoms with E-state index in [1.54, 1.807) is 11.0 Å². The predicted molar refractivity (Wildman–Crippen MR) is 87.3 cm³/mol. The molecule has 0 radical (unpaired) electrons. The van der Waals surface area contributed by atoms with Crippen LogP contribution in [0.4, 0.5) is 20.6 Å². The van der Waals surface area contributed by atoms with Crippen LogP contribution >= 0.6 is 0 Å². The maximum absolute atomic E-state index is 13.5. The Morgan fingerprint density at radius 2 is 2.17 bits per heavy atom. The van der Waals surface area contributed by atoms with Crippen LogP contribution in [0.5, 0.6) is 0 Å². The molecule has 3 unspecified atom stereocenters. The van der Waals surface area contributed by atoms with Crippen LogP contribution < -0.4 is 10.2 Å². The molecule has 2 aliphatic heterocycles. The Bertz CT molecular complexity index is 622. The minimum absolute atomic E-state index is 0.0103. The maximum Gasteiger partial charge on any atom is 0.325 e. The van der Waals surface area contributed by atoms with Gasteiger partial charge in [-0.1, -0.05) is 32.4 Å². The predicted octanol–water partition coefficient (Wildman–Crippen LogP) is 3.02. The van der Waals surface area contributed by atoms with Crippen LogP contribution in [0.2, 0.25) is 0 Å². The smallest absolute Gasteiger partial charge is 0.322 e. The Morgan fingerprint density at radius 1 is 1.43 bits per heavy atom. The van der Waals surface area contributed by atoms with Crippen LogP contribution in [-0.2, 0) is 4.79 Å². The van der Waals surface area contributed by atoms with Crippen LogP contribution in [0.15, 0.2) is 24.3 Å². The molecule has 0 bridgehead atoms. The average molecular weight is 319 g/mol. The normalized spacial score (nSPS) is 25.1. The Balaban J connectivity index is 2.00. The van der Waals surface area contributed by atoms with Crippen molar-refractivity contribution >= 4 is 23.3 Å². The van der Waals surface area contributed by atoms with E-state index in [0.29, 0.717) is 24.3 Å². The van der Waals surface area contributed by atoms with Crippen molar-refractivity contribution in [1.82, 2.24) is 4.90 Å². The lowest BCUT2D eigenvalue weighted by molar-refractivity contribution is -0.118. The number of urea groups is 1. The molecule has 1 N–H and O–H groups in total. The maximum atomic E-state index is 13.5. The first-order valence-corrected chi connectivity index (χ1v) is 8.15. The number of para-hydroxylation sites is 2. The molecule has 3 atom stereocenters. The molecule has 5 nitrogen and oxygen atoms in total. The van der Waals surface area contributed by atoms with Gasteiger partial charge < -0.3 is 10.2 Å². The highest BCUT2D eigenvalue weighted by molar-refractivity contribution is 6.11. The number of rotatable bonds is 2. The topological polar surface area (TPSA) is 52.7 Å². The standard InChI is InChI=1S/C17H22FN3O2/c1-3-11(2)15-16(22)19-13-6-4-5-7-14(13)21(15)17(23)20-9-8-12(18)10-20/h4-7,11-12,15H,3,8-10H2,1-2H3,(H,19,22). The Labute approximate surface area is 135 Å². The number of benzene rings is 1. The SMILES string of the molecule is CCC(C)C1C(=O)Nc2ccccc2N1C(=O)N1CCC(F)C1. The van der Waals surface area contributed by atoms with Gasteiger partial charge in [0.05, 0.1) is 17.9 Å². The van der Waals surface area contributed by atoms with Crippen LogP contribution in [-0.4, -0.2) is 42.1 Å². The molecule has 1 fully saturated rings. The van der Waals surface area contributed by atoms with Gasteiger partial charge in [-0.2, -0.15) is 0 Å². The minimum Gasteiger partial charge on any atom is -0.322 e. The molecule has 1 saturated heterocycles. The quantitative estimate of drug-likeness (QED) is 0.911. The monoisotopic (exact) mass is 319 g/mol. The van der Waals surface area contributed by atoms with Crippen molar-refractivity contribution in [2.75, 3.05) is 23.3 Å². The molecular formula is C17H22FN3O2. The van der Waals surface area contributed by atoms with Crippen LogP contribution in [0.25, 0.3) is 0 Å². The van der Waals surface area contributed by atoms with Crippen LogP contribution in [0.1, 0.15) is 26.7 Å². The zero-order chi connectivity index (χ0) is 16.6. The lowest BCUT2D eigenvalue weighted by atomic mass is 9.94. The molecule has 1 aromatic rings. The third kappa shape index (κ3) is 2.78. The van der Waals surface area contributed by atoms with Crippen LogP contribution in [0.3, 0.4) is 0 Å². The summed E-state index contributed by atoms with van der Waals surface area (Å²) in [5, 5.41) is 2.88. The van der Waals surface area contributed by atoms with Crippen molar-refractivity contribution in [3.63, 3.8) is 0 Å². The molecule has 3 rings (SSSR count). The number of carbonyl (C=O) groups is 2. The summed E-state index contributed by atoms with van der Waals surface area (Å²) < 4.78 is 13.5. The van der Waals surface area contributed by atoms with E-state index in [1.165, 1.54) is 4.90 Å². The molecule has 1 aromatic carbocycles. The van der Waals surface area contributed by atoms with Gasteiger partial charge in [-0.25, -0.2) is 9.18 Å². The summed E-state index contributed by atoms with van der Waals surface area (Å²) in [6, 6.07) is 6.41. The second kappa shape index (κ2) is 6.18. The number of hydrogen-bond acceptors (Lipinski definition) is 2. The van der Waals surface area contributed by atoms with Gasteiger partial charge in [0.25, 0.3) is 0 Å². The van der Waals surface area contributed by atoms with Gasteiger partial charge in [0.15, 0.2) is 0 Å². The number of alkyl halides is 1. The molecule has 23 heavy (non-hydrogen) atoms. The van der Waals surface area contributed by atoms with Gasteiger partial charge in [-0.3, -0.25) is 9.69 Å². The van der Waals surface area contributed by atoms with Gasteiger partial charge in [-0.05, 0) is 24.5 Å². The molecule has 2 heterocycles. The zero-order valence-electron chi connectivity index (χ0n) is 13.5. The van der Waals surface area contributed by atoms with Gasteiger partial charge in [0, 0.05) is 6.54 Å². The van der Waals surface area contributed by atoms with Crippen molar-refractivity contribution in [3.05, 3.63) is 24.3 Å². The fourth-order valence-electron chi connectivity index (χ4n) is 3.27. The zero-order valence-corrected chi connectivity index (χ0v) is 13.5. The summed E-state index contributed by atoms with van der Waals surface area (Å²) in [6.45, 7) is 4.45. The number of halogens is 1. The Kier molecular flexibility index (Phi) is 4.24. The molecular weight excluding hydrogens is 297 g/mol. The van der Waals surface area contributed by atoms with Crippen molar-refractivity contribution in [1.29, 1.82) is 0 Å². The number of anilines is 2. The largest absolute Gasteiger partial charge is 0.325 e. The van der Waals surface area contributed by atoms with Crippen molar-refractivity contribution in [3.8, 4) is 0 Å². The highest BCUT2D eigenvalue weighted by Crippen LogP contribution is 2.36. The summed E-state index contributed by atoms with van der Waals surface area (Å²) in [4.78, 5) is 28.6.